The van der Waals surface area contributed by atoms with E-state index in [2.05, 4.69) is 4.98 Å². The van der Waals surface area contributed by atoms with Crippen LogP contribution < -0.4 is 0 Å². The lowest BCUT2D eigenvalue weighted by Gasteiger charge is -2.30. The zero-order chi connectivity index (χ0) is 14.0. The van der Waals surface area contributed by atoms with Crippen LogP contribution in [0, 0.1) is 0 Å². The van der Waals surface area contributed by atoms with Gasteiger partial charge >= 0.3 is 0 Å². The molecular weight excluding hydrogens is 236 g/mol. The lowest BCUT2D eigenvalue weighted by atomic mass is 9.94. The van der Waals surface area contributed by atoms with Gasteiger partial charge in [-0.15, -0.1) is 0 Å². The highest BCUT2D eigenvalue weighted by atomic mass is 16.1. The smallest absolute Gasteiger partial charge is 0.158 e. The van der Waals surface area contributed by atoms with Gasteiger partial charge in [-0.1, -0.05) is 24.3 Å². The maximum Gasteiger partial charge on any atom is 0.158 e. The highest BCUT2D eigenvalue weighted by molar-refractivity contribution is 5.89. The predicted octanol–water partition coefficient (Wildman–Crippen LogP) is 2.69. The van der Waals surface area contributed by atoms with Crippen molar-refractivity contribution in [3.8, 4) is 0 Å². The summed E-state index contributed by atoms with van der Waals surface area (Å²) in [5, 5.41) is 1.10. The Hall–Kier alpha value is -1.74. The van der Waals surface area contributed by atoms with Crippen molar-refractivity contribution < 1.29 is 4.79 Å². The van der Waals surface area contributed by atoms with Crippen molar-refractivity contribution in [3.63, 3.8) is 0 Å². The van der Waals surface area contributed by atoms with Crippen LogP contribution in [0.4, 0.5) is 0 Å². The molecule has 0 N–H and O–H groups in total. The Labute approximate surface area is 114 Å². The number of carbonyl (C=O) groups is 1. The standard InChI is InChI=1S/C16H20N2O/c1-16(2,18(3)4)15(19)11-13-10-9-12-7-5-6-8-14(12)17-13/h5-10H,11H2,1-4H3. The zero-order valence-corrected chi connectivity index (χ0v) is 12.0. The lowest BCUT2D eigenvalue weighted by Crippen LogP contribution is -2.46. The minimum absolute atomic E-state index is 0.181. The van der Waals surface area contributed by atoms with E-state index in [1.54, 1.807) is 0 Å². The van der Waals surface area contributed by atoms with Gasteiger partial charge in [0, 0.05) is 11.1 Å². The van der Waals surface area contributed by atoms with E-state index in [1.807, 2.05) is 69.2 Å². The third-order valence-corrected chi connectivity index (χ3v) is 3.80. The summed E-state index contributed by atoms with van der Waals surface area (Å²) >= 11 is 0. The molecule has 1 heterocycles. The van der Waals surface area contributed by atoms with Gasteiger partial charge in [-0.3, -0.25) is 14.7 Å². The van der Waals surface area contributed by atoms with Crippen molar-refractivity contribution in [1.82, 2.24) is 9.88 Å². The number of nitrogens with zero attached hydrogens (tertiary/aromatic N) is 2. The molecule has 0 aliphatic heterocycles. The summed E-state index contributed by atoms with van der Waals surface area (Å²) < 4.78 is 0. The van der Waals surface area contributed by atoms with Crippen LogP contribution >= 0.6 is 0 Å². The SMILES string of the molecule is CN(C)C(C)(C)C(=O)Cc1ccc2ccccc2n1. The fraction of sp³-hybridized carbons (Fsp3) is 0.375. The second kappa shape index (κ2) is 5.10. The second-order valence-corrected chi connectivity index (χ2v) is 5.55. The highest BCUT2D eigenvalue weighted by Gasteiger charge is 2.29. The zero-order valence-electron chi connectivity index (χ0n) is 12.0. The molecule has 0 aliphatic rings. The van der Waals surface area contributed by atoms with Crippen LogP contribution in [0.5, 0.6) is 0 Å². The maximum atomic E-state index is 12.3. The average molecular weight is 256 g/mol. The van der Waals surface area contributed by atoms with Crippen molar-refractivity contribution >= 4 is 16.7 Å². The molecule has 19 heavy (non-hydrogen) atoms. The monoisotopic (exact) mass is 256 g/mol. The first-order chi connectivity index (χ1) is 8.91. The molecule has 2 rings (SSSR count). The number of rotatable bonds is 4. The van der Waals surface area contributed by atoms with E-state index in [-0.39, 0.29) is 5.78 Å². The minimum Gasteiger partial charge on any atom is -0.298 e. The van der Waals surface area contributed by atoms with E-state index in [0.717, 1.165) is 16.6 Å². The summed E-state index contributed by atoms with van der Waals surface area (Å²) in [6, 6.07) is 11.9. The van der Waals surface area contributed by atoms with Gasteiger partial charge < -0.3 is 0 Å². The van der Waals surface area contributed by atoms with Gasteiger partial charge in [0.25, 0.3) is 0 Å². The van der Waals surface area contributed by atoms with Crippen LogP contribution in [0.25, 0.3) is 10.9 Å². The molecule has 0 saturated carbocycles. The first kappa shape index (κ1) is 13.7. The molecule has 0 spiro atoms. The second-order valence-electron chi connectivity index (χ2n) is 5.55. The Kier molecular flexibility index (Phi) is 3.67. The Balaban J connectivity index is 2.24. The molecule has 3 heteroatoms. The van der Waals surface area contributed by atoms with Crippen molar-refractivity contribution in [1.29, 1.82) is 0 Å². The third-order valence-electron chi connectivity index (χ3n) is 3.80. The average Bonchev–Trinajstić information content (AvgIpc) is 2.38. The van der Waals surface area contributed by atoms with Crippen LogP contribution in [0.3, 0.4) is 0 Å². The normalized spacial score (nSPS) is 12.1. The quantitative estimate of drug-likeness (QED) is 0.843. The number of hydrogen-bond donors (Lipinski definition) is 0. The summed E-state index contributed by atoms with van der Waals surface area (Å²) in [5.41, 5.74) is 1.31. The highest BCUT2D eigenvalue weighted by Crippen LogP contribution is 2.16. The summed E-state index contributed by atoms with van der Waals surface area (Å²) in [5.74, 6) is 0.181. The van der Waals surface area contributed by atoms with Crippen molar-refractivity contribution in [2.24, 2.45) is 0 Å². The van der Waals surface area contributed by atoms with Crippen LogP contribution in [0.2, 0.25) is 0 Å². The molecule has 0 amide bonds. The molecule has 0 saturated heterocycles. The van der Waals surface area contributed by atoms with E-state index < -0.39 is 5.54 Å². The lowest BCUT2D eigenvalue weighted by molar-refractivity contribution is -0.127. The fourth-order valence-corrected chi connectivity index (χ4v) is 1.84. The number of fused-ring (bicyclic) bond motifs is 1. The van der Waals surface area contributed by atoms with E-state index in [0.29, 0.717) is 6.42 Å². The molecule has 0 aliphatic carbocycles. The molecular formula is C16H20N2O. The van der Waals surface area contributed by atoms with Gasteiger partial charge in [0.15, 0.2) is 5.78 Å². The Morgan fingerprint density at radius 1 is 1.16 bits per heavy atom. The Morgan fingerprint density at radius 2 is 1.84 bits per heavy atom. The summed E-state index contributed by atoms with van der Waals surface area (Å²) in [6.45, 7) is 3.88. The van der Waals surface area contributed by atoms with Gasteiger partial charge in [-0.25, -0.2) is 0 Å². The number of para-hydroxylation sites is 1. The topological polar surface area (TPSA) is 33.2 Å². The molecule has 1 aromatic heterocycles. The molecule has 0 radical (unpaired) electrons. The summed E-state index contributed by atoms with van der Waals surface area (Å²) in [6.07, 6.45) is 0.371. The fourth-order valence-electron chi connectivity index (χ4n) is 1.84. The number of likely N-dealkylation sites (N-methyl/N-ethyl adjacent to an activating group) is 1. The van der Waals surface area contributed by atoms with Crippen LogP contribution in [0.15, 0.2) is 36.4 Å². The molecule has 1 aromatic carbocycles. The predicted molar refractivity (Wildman–Crippen MR) is 78.2 cm³/mol. The summed E-state index contributed by atoms with van der Waals surface area (Å²) in [4.78, 5) is 18.8. The summed E-state index contributed by atoms with van der Waals surface area (Å²) in [7, 11) is 3.84. The molecule has 100 valence electrons. The van der Waals surface area contributed by atoms with E-state index >= 15 is 0 Å². The number of carbonyl (C=O) groups excluding carboxylic acids is 1. The van der Waals surface area contributed by atoms with Crippen LogP contribution in [-0.2, 0) is 11.2 Å². The van der Waals surface area contributed by atoms with E-state index in [9.17, 15) is 4.79 Å². The van der Waals surface area contributed by atoms with Gasteiger partial charge in [-0.05, 0) is 40.1 Å². The van der Waals surface area contributed by atoms with Crippen LogP contribution in [0.1, 0.15) is 19.5 Å². The first-order valence-electron chi connectivity index (χ1n) is 6.46. The minimum atomic E-state index is -0.465. The van der Waals surface area contributed by atoms with E-state index in [1.165, 1.54) is 0 Å². The molecule has 0 bridgehead atoms. The molecule has 0 fully saturated rings. The van der Waals surface area contributed by atoms with Gasteiger partial charge in [0.05, 0.1) is 17.5 Å². The number of Topliss-reactive ketones (excluding diaryl/α,β-unsaturated/α-hetero) is 1. The van der Waals surface area contributed by atoms with Gasteiger partial charge in [0.1, 0.15) is 0 Å². The first-order valence-corrected chi connectivity index (χ1v) is 6.46. The number of pyridine rings is 1. The number of hydrogen-bond acceptors (Lipinski definition) is 3. The molecule has 0 unspecified atom stereocenters. The maximum absolute atomic E-state index is 12.3. The Bertz CT molecular complexity index is 602. The number of ketones is 1. The van der Waals surface area contributed by atoms with E-state index in [4.69, 9.17) is 0 Å². The van der Waals surface area contributed by atoms with Gasteiger partial charge in [0.2, 0.25) is 0 Å². The number of aromatic nitrogens is 1. The molecule has 3 nitrogen and oxygen atoms in total. The van der Waals surface area contributed by atoms with Crippen LogP contribution in [-0.4, -0.2) is 35.3 Å². The molecule has 0 atom stereocenters. The van der Waals surface area contributed by atoms with Crippen molar-refractivity contribution in [2.45, 2.75) is 25.8 Å². The largest absolute Gasteiger partial charge is 0.298 e. The van der Waals surface area contributed by atoms with Gasteiger partial charge in [-0.2, -0.15) is 0 Å². The van der Waals surface area contributed by atoms with Crippen molar-refractivity contribution in [3.05, 3.63) is 42.1 Å². The Morgan fingerprint density at radius 3 is 2.53 bits per heavy atom. The number of benzene rings is 1. The molecule has 2 aromatic rings. The van der Waals surface area contributed by atoms with Crippen molar-refractivity contribution in [2.75, 3.05) is 14.1 Å². The third kappa shape index (κ3) is 2.82.